The quantitative estimate of drug-likeness (QED) is 0.806. The molecule has 0 fully saturated rings. The van der Waals surface area contributed by atoms with Gasteiger partial charge in [-0.25, -0.2) is 0 Å². The molecule has 0 aliphatic carbocycles. The van der Waals surface area contributed by atoms with Crippen LogP contribution in [0.3, 0.4) is 0 Å². The average Bonchev–Trinajstić information content (AvgIpc) is 1.96. The first-order valence-corrected chi connectivity index (χ1v) is 5.14. The zero-order valence-corrected chi connectivity index (χ0v) is 10.1. The summed E-state index contributed by atoms with van der Waals surface area (Å²) in [5.74, 6) is 0.996. The molecule has 3 heteroatoms. The molecule has 1 N–H and O–H groups in total. The van der Waals surface area contributed by atoms with Gasteiger partial charge in [-0.2, -0.15) is 0 Å². The molecule has 0 saturated carbocycles. The SMILES string of the molecule is CC(C)(C)Oc1cccc(O)c1I. The number of hydrogen-bond acceptors (Lipinski definition) is 2. The van der Waals surface area contributed by atoms with Crippen LogP contribution in [0.25, 0.3) is 0 Å². The molecule has 0 heterocycles. The topological polar surface area (TPSA) is 29.5 Å². The summed E-state index contributed by atoms with van der Waals surface area (Å²) >= 11 is 2.07. The summed E-state index contributed by atoms with van der Waals surface area (Å²) in [6.45, 7) is 5.94. The standard InChI is InChI=1S/C10H13IO2/c1-10(2,3)13-8-6-4-5-7(12)9(8)11/h4-6,12H,1-3H3. The lowest BCUT2D eigenvalue weighted by Crippen LogP contribution is -2.23. The molecule has 0 saturated heterocycles. The third kappa shape index (κ3) is 3.06. The second kappa shape index (κ2) is 3.74. The molecule has 0 unspecified atom stereocenters. The molecule has 0 aliphatic rings. The molecule has 13 heavy (non-hydrogen) atoms. The van der Waals surface area contributed by atoms with Gasteiger partial charge in [0, 0.05) is 0 Å². The van der Waals surface area contributed by atoms with Gasteiger partial charge in [-0.1, -0.05) is 6.07 Å². The van der Waals surface area contributed by atoms with Gasteiger partial charge in [-0.15, -0.1) is 0 Å². The van der Waals surface area contributed by atoms with Gasteiger partial charge in [0.05, 0.1) is 3.57 Å². The molecule has 1 rings (SSSR count). The lowest BCUT2D eigenvalue weighted by atomic mass is 10.2. The highest BCUT2D eigenvalue weighted by Gasteiger charge is 2.14. The molecule has 0 aromatic heterocycles. The van der Waals surface area contributed by atoms with E-state index in [-0.39, 0.29) is 11.4 Å². The lowest BCUT2D eigenvalue weighted by molar-refractivity contribution is 0.129. The molecule has 0 amide bonds. The number of aromatic hydroxyl groups is 1. The van der Waals surface area contributed by atoms with Crippen molar-refractivity contribution in [3.8, 4) is 11.5 Å². The van der Waals surface area contributed by atoms with E-state index in [4.69, 9.17) is 4.74 Å². The van der Waals surface area contributed by atoms with E-state index in [2.05, 4.69) is 22.6 Å². The highest BCUT2D eigenvalue weighted by Crippen LogP contribution is 2.30. The Hall–Kier alpha value is -0.450. The van der Waals surface area contributed by atoms with Gasteiger partial charge in [-0.3, -0.25) is 0 Å². The van der Waals surface area contributed by atoms with Crippen LogP contribution in [0.4, 0.5) is 0 Å². The highest BCUT2D eigenvalue weighted by molar-refractivity contribution is 14.1. The summed E-state index contributed by atoms with van der Waals surface area (Å²) in [4.78, 5) is 0. The first-order valence-electron chi connectivity index (χ1n) is 4.06. The molecule has 0 aliphatic heterocycles. The average molecular weight is 292 g/mol. The second-order valence-corrected chi connectivity index (χ2v) is 4.88. The molecule has 1 aromatic carbocycles. The lowest BCUT2D eigenvalue weighted by Gasteiger charge is -2.22. The Labute approximate surface area is 92.1 Å². The second-order valence-electron chi connectivity index (χ2n) is 3.80. The zero-order valence-electron chi connectivity index (χ0n) is 7.97. The minimum Gasteiger partial charge on any atom is -0.507 e. The van der Waals surface area contributed by atoms with Gasteiger partial charge in [-0.05, 0) is 55.5 Å². The number of rotatable bonds is 1. The Balaban J connectivity index is 2.96. The minimum absolute atomic E-state index is 0.228. The fraction of sp³-hybridized carbons (Fsp3) is 0.400. The zero-order chi connectivity index (χ0) is 10.1. The van der Waals surface area contributed by atoms with E-state index in [1.807, 2.05) is 26.8 Å². The van der Waals surface area contributed by atoms with E-state index in [1.165, 1.54) is 0 Å². The molecular weight excluding hydrogens is 279 g/mol. The van der Waals surface area contributed by atoms with Crippen molar-refractivity contribution in [2.24, 2.45) is 0 Å². The summed E-state index contributed by atoms with van der Waals surface area (Å²) in [5, 5.41) is 9.41. The number of halogens is 1. The predicted octanol–water partition coefficient (Wildman–Crippen LogP) is 3.17. The minimum atomic E-state index is -0.228. The van der Waals surface area contributed by atoms with Crippen LogP contribution in [0.2, 0.25) is 0 Å². The Morgan fingerprint density at radius 1 is 1.31 bits per heavy atom. The third-order valence-corrected chi connectivity index (χ3v) is 2.44. The van der Waals surface area contributed by atoms with Crippen molar-refractivity contribution in [1.29, 1.82) is 0 Å². The Morgan fingerprint density at radius 3 is 2.46 bits per heavy atom. The van der Waals surface area contributed by atoms with Crippen molar-refractivity contribution < 1.29 is 9.84 Å². The van der Waals surface area contributed by atoms with Gasteiger partial charge in [0.15, 0.2) is 0 Å². The molecule has 72 valence electrons. The van der Waals surface area contributed by atoms with E-state index in [1.54, 1.807) is 12.1 Å². The summed E-state index contributed by atoms with van der Waals surface area (Å²) in [6, 6.07) is 5.28. The maximum atomic E-state index is 9.41. The smallest absolute Gasteiger partial charge is 0.137 e. The van der Waals surface area contributed by atoms with Gasteiger partial charge in [0.1, 0.15) is 17.1 Å². The maximum Gasteiger partial charge on any atom is 0.137 e. The molecule has 1 aromatic rings. The van der Waals surface area contributed by atoms with Crippen molar-refractivity contribution in [2.45, 2.75) is 26.4 Å². The number of phenols is 1. The van der Waals surface area contributed by atoms with Crippen LogP contribution in [0, 0.1) is 3.57 Å². The highest BCUT2D eigenvalue weighted by atomic mass is 127. The van der Waals surface area contributed by atoms with Crippen molar-refractivity contribution in [2.75, 3.05) is 0 Å². The van der Waals surface area contributed by atoms with E-state index < -0.39 is 0 Å². The van der Waals surface area contributed by atoms with Gasteiger partial charge in [0.25, 0.3) is 0 Å². The molecule has 2 nitrogen and oxygen atoms in total. The van der Waals surface area contributed by atoms with E-state index in [0.717, 1.165) is 9.32 Å². The van der Waals surface area contributed by atoms with Crippen LogP contribution in [0.5, 0.6) is 11.5 Å². The monoisotopic (exact) mass is 292 g/mol. The molecule has 0 atom stereocenters. The normalized spacial score (nSPS) is 11.4. The number of benzene rings is 1. The van der Waals surface area contributed by atoms with Crippen LogP contribution in [0.15, 0.2) is 18.2 Å². The summed E-state index contributed by atoms with van der Waals surface area (Å²) in [6.07, 6.45) is 0. The van der Waals surface area contributed by atoms with Crippen LogP contribution in [-0.4, -0.2) is 10.7 Å². The van der Waals surface area contributed by atoms with Crippen molar-refractivity contribution in [3.05, 3.63) is 21.8 Å². The van der Waals surface area contributed by atoms with E-state index in [0.29, 0.717) is 0 Å². The molecule has 0 bridgehead atoms. The number of hydrogen-bond donors (Lipinski definition) is 1. The molecule has 0 spiro atoms. The van der Waals surface area contributed by atoms with Crippen molar-refractivity contribution in [1.82, 2.24) is 0 Å². The fourth-order valence-corrected chi connectivity index (χ4v) is 1.38. The molecule has 0 radical (unpaired) electrons. The van der Waals surface area contributed by atoms with Crippen LogP contribution >= 0.6 is 22.6 Å². The van der Waals surface area contributed by atoms with Gasteiger partial charge in [0.2, 0.25) is 0 Å². The first kappa shape index (κ1) is 10.6. The predicted molar refractivity (Wildman–Crippen MR) is 61.2 cm³/mol. The van der Waals surface area contributed by atoms with Crippen LogP contribution in [0.1, 0.15) is 20.8 Å². The summed E-state index contributed by atoms with van der Waals surface area (Å²) in [7, 11) is 0. The fourth-order valence-electron chi connectivity index (χ4n) is 0.908. The summed E-state index contributed by atoms with van der Waals surface area (Å²) in [5.41, 5.74) is -0.228. The Morgan fingerprint density at radius 2 is 1.92 bits per heavy atom. The first-order chi connectivity index (χ1) is 5.90. The van der Waals surface area contributed by atoms with Gasteiger partial charge < -0.3 is 9.84 Å². The largest absolute Gasteiger partial charge is 0.507 e. The molecular formula is C10H13IO2. The Bertz CT molecular complexity index is 302. The van der Waals surface area contributed by atoms with Crippen LogP contribution < -0.4 is 4.74 Å². The Kier molecular flexibility index (Phi) is 3.05. The third-order valence-electron chi connectivity index (χ3n) is 1.36. The number of ether oxygens (including phenoxy) is 1. The van der Waals surface area contributed by atoms with Crippen molar-refractivity contribution in [3.63, 3.8) is 0 Å². The summed E-state index contributed by atoms with van der Waals surface area (Å²) < 4.78 is 6.41. The maximum absolute atomic E-state index is 9.41. The number of phenolic OH excluding ortho intramolecular Hbond substituents is 1. The van der Waals surface area contributed by atoms with Gasteiger partial charge >= 0.3 is 0 Å². The van der Waals surface area contributed by atoms with Crippen molar-refractivity contribution >= 4 is 22.6 Å². The van der Waals surface area contributed by atoms with E-state index in [9.17, 15) is 5.11 Å². The van der Waals surface area contributed by atoms with Crippen LogP contribution in [-0.2, 0) is 0 Å². The van der Waals surface area contributed by atoms with E-state index >= 15 is 0 Å².